The minimum absolute atomic E-state index is 0.513. The summed E-state index contributed by atoms with van der Waals surface area (Å²) in [5.74, 6) is 3.17. The van der Waals surface area contributed by atoms with Crippen molar-refractivity contribution in [3.63, 3.8) is 0 Å². The van der Waals surface area contributed by atoms with E-state index in [9.17, 15) is 5.11 Å². The van der Waals surface area contributed by atoms with E-state index in [1.807, 2.05) is 0 Å². The molecule has 0 fully saturated rings. The summed E-state index contributed by atoms with van der Waals surface area (Å²) in [5.41, 5.74) is 0.779. The molecule has 0 amide bonds. The molecule has 86 valence electrons. The molecule has 0 spiro atoms. The fraction of sp³-hybridized carbons (Fsp3) is 0.385. The van der Waals surface area contributed by atoms with Gasteiger partial charge in [0.15, 0.2) is 0 Å². The minimum atomic E-state index is -0.520. The Bertz CT molecular complexity index is 380. The second-order valence-electron chi connectivity index (χ2n) is 3.52. The zero-order valence-electron chi connectivity index (χ0n) is 9.24. The van der Waals surface area contributed by atoms with Gasteiger partial charge in [-0.1, -0.05) is 17.7 Å². The summed E-state index contributed by atoms with van der Waals surface area (Å²) < 4.78 is 5.46. The largest absolute Gasteiger partial charge is 0.492 e. The Morgan fingerprint density at radius 2 is 2.31 bits per heavy atom. The Morgan fingerprint density at radius 3 is 2.88 bits per heavy atom. The van der Waals surface area contributed by atoms with E-state index >= 15 is 0 Å². The zero-order chi connectivity index (χ0) is 12.0. The number of terminal acetylenes is 1. The molecular formula is C13H15ClO2. The lowest BCUT2D eigenvalue weighted by molar-refractivity contribution is 0.199. The van der Waals surface area contributed by atoms with Crippen molar-refractivity contribution in [2.45, 2.75) is 25.9 Å². The summed E-state index contributed by atoms with van der Waals surface area (Å²) >= 11 is 6.01. The Morgan fingerprint density at radius 1 is 1.56 bits per heavy atom. The van der Waals surface area contributed by atoms with E-state index in [1.54, 1.807) is 25.1 Å². The molecule has 0 aliphatic carbocycles. The van der Waals surface area contributed by atoms with Gasteiger partial charge in [-0.2, -0.15) is 0 Å². The highest BCUT2D eigenvalue weighted by molar-refractivity contribution is 6.32. The molecule has 0 aromatic heterocycles. The van der Waals surface area contributed by atoms with Gasteiger partial charge in [-0.25, -0.2) is 0 Å². The van der Waals surface area contributed by atoms with Crippen LogP contribution in [-0.4, -0.2) is 11.7 Å². The Labute approximate surface area is 101 Å². The van der Waals surface area contributed by atoms with Crippen LogP contribution in [0.3, 0.4) is 0 Å². The standard InChI is InChI=1S/C13H15ClO2/c1-3-4-5-8-16-13-7-6-11(10(2)15)9-12(13)14/h1,6-7,9-10,15H,4-5,8H2,2H3/t10-/m0/s1. The number of aliphatic hydroxyl groups is 1. The van der Waals surface area contributed by atoms with E-state index in [1.165, 1.54) is 0 Å². The molecule has 0 aliphatic heterocycles. The maximum Gasteiger partial charge on any atom is 0.137 e. The average Bonchev–Trinajstić information content (AvgIpc) is 2.26. The van der Waals surface area contributed by atoms with Gasteiger partial charge in [0.2, 0.25) is 0 Å². The predicted molar refractivity (Wildman–Crippen MR) is 65.6 cm³/mol. The van der Waals surface area contributed by atoms with Crippen molar-refractivity contribution < 1.29 is 9.84 Å². The molecule has 2 nitrogen and oxygen atoms in total. The van der Waals surface area contributed by atoms with Gasteiger partial charge in [-0.05, 0) is 31.0 Å². The molecule has 1 aromatic carbocycles. The lowest BCUT2D eigenvalue weighted by Crippen LogP contribution is -1.98. The van der Waals surface area contributed by atoms with Crippen LogP contribution < -0.4 is 4.74 Å². The van der Waals surface area contributed by atoms with Crippen LogP contribution in [0.2, 0.25) is 5.02 Å². The minimum Gasteiger partial charge on any atom is -0.492 e. The van der Waals surface area contributed by atoms with Crippen molar-refractivity contribution in [2.24, 2.45) is 0 Å². The van der Waals surface area contributed by atoms with Crippen molar-refractivity contribution in [1.29, 1.82) is 0 Å². The van der Waals surface area contributed by atoms with Crippen LogP contribution in [0.15, 0.2) is 18.2 Å². The molecule has 1 rings (SSSR count). The summed E-state index contributed by atoms with van der Waals surface area (Å²) in [7, 11) is 0. The van der Waals surface area contributed by atoms with Crippen LogP contribution in [0.5, 0.6) is 5.75 Å². The third kappa shape index (κ3) is 3.77. The van der Waals surface area contributed by atoms with Crippen molar-refractivity contribution in [3.8, 4) is 18.1 Å². The van der Waals surface area contributed by atoms with E-state index in [2.05, 4.69) is 5.92 Å². The highest BCUT2D eigenvalue weighted by Crippen LogP contribution is 2.27. The van der Waals surface area contributed by atoms with Crippen molar-refractivity contribution >= 4 is 11.6 Å². The maximum absolute atomic E-state index is 9.36. The van der Waals surface area contributed by atoms with Gasteiger partial charge < -0.3 is 9.84 Å². The molecular weight excluding hydrogens is 224 g/mol. The third-order valence-electron chi connectivity index (χ3n) is 2.16. The fourth-order valence-electron chi connectivity index (χ4n) is 1.25. The van der Waals surface area contributed by atoms with Gasteiger partial charge in [-0.3, -0.25) is 0 Å². The second-order valence-corrected chi connectivity index (χ2v) is 3.93. The van der Waals surface area contributed by atoms with Crippen molar-refractivity contribution in [2.75, 3.05) is 6.61 Å². The molecule has 0 saturated heterocycles. The third-order valence-corrected chi connectivity index (χ3v) is 2.46. The monoisotopic (exact) mass is 238 g/mol. The number of ether oxygens (including phenoxy) is 1. The van der Waals surface area contributed by atoms with E-state index in [0.717, 1.165) is 12.0 Å². The summed E-state index contributed by atoms with van der Waals surface area (Å²) in [4.78, 5) is 0. The lowest BCUT2D eigenvalue weighted by atomic mass is 10.1. The normalized spacial score (nSPS) is 11.9. The molecule has 0 aliphatic rings. The number of benzene rings is 1. The first-order chi connectivity index (χ1) is 7.65. The van der Waals surface area contributed by atoms with Crippen LogP contribution in [0.4, 0.5) is 0 Å². The first kappa shape index (κ1) is 12.9. The molecule has 0 saturated carbocycles. The summed E-state index contributed by atoms with van der Waals surface area (Å²) in [6.45, 7) is 2.25. The van der Waals surface area contributed by atoms with Gasteiger partial charge in [0, 0.05) is 6.42 Å². The summed E-state index contributed by atoms with van der Waals surface area (Å²) in [6, 6.07) is 5.27. The maximum atomic E-state index is 9.36. The highest BCUT2D eigenvalue weighted by atomic mass is 35.5. The first-order valence-corrected chi connectivity index (χ1v) is 5.56. The topological polar surface area (TPSA) is 29.5 Å². The van der Waals surface area contributed by atoms with Gasteiger partial charge in [0.25, 0.3) is 0 Å². The van der Waals surface area contributed by atoms with Crippen LogP contribution >= 0.6 is 11.6 Å². The Kier molecular flexibility index (Phi) is 5.18. The highest BCUT2D eigenvalue weighted by Gasteiger charge is 2.06. The van der Waals surface area contributed by atoms with Gasteiger partial charge in [0.05, 0.1) is 17.7 Å². The molecule has 0 bridgehead atoms. The zero-order valence-corrected chi connectivity index (χ0v) is 10.00. The van der Waals surface area contributed by atoms with Crippen LogP contribution in [0.25, 0.3) is 0 Å². The van der Waals surface area contributed by atoms with Crippen LogP contribution in [0.1, 0.15) is 31.4 Å². The molecule has 3 heteroatoms. The number of aliphatic hydroxyl groups excluding tert-OH is 1. The molecule has 0 radical (unpaired) electrons. The average molecular weight is 239 g/mol. The molecule has 1 N–H and O–H groups in total. The van der Waals surface area contributed by atoms with E-state index < -0.39 is 6.10 Å². The predicted octanol–water partition coefficient (Wildman–Crippen LogP) is 3.19. The fourth-order valence-corrected chi connectivity index (χ4v) is 1.49. The first-order valence-electron chi connectivity index (χ1n) is 5.19. The van der Waals surface area contributed by atoms with Gasteiger partial charge >= 0.3 is 0 Å². The second kappa shape index (κ2) is 6.42. The number of rotatable bonds is 5. The van der Waals surface area contributed by atoms with E-state index in [4.69, 9.17) is 22.8 Å². The van der Waals surface area contributed by atoms with Gasteiger partial charge in [0.1, 0.15) is 5.75 Å². The molecule has 0 unspecified atom stereocenters. The molecule has 1 aromatic rings. The van der Waals surface area contributed by atoms with Gasteiger partial charge in [-0.15, -0.1) is 12.3 Å². The van der Waals surface area contributed by atoms with E-state index in [-0.39, 0.29) is 0 Å². The van der Waals surface area contributed by atoms with Crippen LogP contribution in [0, 0.1) is 12.3 Å². The molecule has 1 atom stereocenters. The van der Waals surface area contributed by atoms with E-state index in [0.29, 0.717) is 23.8 Å². The number of unbranched alkanes of at least 4 members (excludes halogenated alkanes) is 1. The number of hydrogen-bond donors (Lipinski definition) is 1. The van der Waals surface area contributed by atoms with Crippen molar-refractivity contribution in [1.82, 2.24) is 0 Å². The lowest BCUT2D eigenvalue weighted by Gasteiger charge is -2.10. The molecule has 16 heavy (non-hydrogen) atoms. The Hall–Kier alpha value is -1.17. The smallest absolute Gasteiger partial charge is 0.137 e. The quantitative estimate of drug-likeness (QED) is 0.631. The van der Waals surface area contributed by atoms with Crippen molar-refractivity contribution in [3.05, 3.63) is 28.8 Å². The number of hydrogen-bond acceptors (Lipinski definition) is 2. The van der Waals surface area contributed by atoms with Crippen LogP contribution in [-0.2, 0) is 0 Å². The molecule has 0 heterocycles. The SMILES string of the molecule is C#CCCCOc1ccc([C@H](C)O)cc1Cl. The summed E-state index contributed by atoms with van der Waals surface area (Å²) in [5, 5.41) is 9.88. The summed E-state index contributed by atoms with van der Waals surface area (Å²) in [6.07, 6.45) is 6.12. The number of halogens is 1. The Balaban J connectivity index is 2.58.